The Bertz CT molecular complexity index is 510. The van der Waals surface area contributed by atoms with E-state index in [4.69, 9.17) is 5.11 Å². The zero-order chi connectivity index (χ0) is 12.3. The maximum Gasteiger partial charge on any atom is 0.337 e. The van der Waals surface area contributed by atoms with Gasteiger partial charge in [0, 0.05) is 18.4 Å². The summed E-state index contributed by atoms with van der Waals surface area (Å²) in [7, 11) is -1.81. The fourth-order valence-corrected chi connectivity index (χ4v) is 1.77. The third kappa shape index (κ3) is 3.13. The highest BCUT2D eigenvalue weighted by Crippen LogP contribution is 2.20. The summed E-state index contributed by atoms with van der Waals surface area (Å²) >= 11 is 0. The van der Waals surface area contributed by atoms with Crippen molar-refractivity contribution < 1.29 is 18.3 Å². The molecule has 6 nitrogen and oxygen atoms in total. The maximum absolute atomic E-state index is 11.0. The van der Waals surface area contributed by atoms with E-state index >= 15 is 0 Å². The van der Waals surface area contributed by atoms with Crippen LogP contribution < -0.4 is 10.0 Å². The van der Waals surface area contributed by atoms with Crippen LogP contribution in [0.3, 0.4) is 0 Å². The summed E-state index contributed by atoms with van der Waals surface area (Å²) in [4.78, 5) is 10.9. The van der Waals surface area contributed by atoms with Crippen molar-refractivity contribution in [3.8, 4) is 0 Å². The van der Waals surface area contributed by atoms with Gasteiger partial charge in [-0.1, -0.05) is 0 Å². The number of rotatable bonds is 4. The van der Waals surface area contributed by atoms with E-state index in [1.807, 2.05) is 0 Å². The SMILES string of the molecule is CNc1ccc(NS(C)(=O)=O)cc1C(=O)O. The quantitative estimate of drug-likeness (QED) is 0.728. The maximum atomic E-state index is 11.0. The van der Waals surface area contributed by atoms with Gasteiger partial charge in [0.1, 0.15) is 0 Å². The second-order valence-electron chi connectivity index (χ2n) is 3.19. The summed E-state index contributed by atoms with van der Waals surface area (Å²) in [5.41, 5.74) is 0.654. The van der Waals surface area contributed by atoms with Crippen LogP contribution in [0.15, 0.2) is 18.2 Å². The summed E-state index contributed by atoms with van der Waals surface area (Å²) in [6, 6.07) is 4.24. The Labute approximate surface area is 93.3 Å². The smallest absolute Gasteiger partial charge is 0.337 e. The van der Waals surface area contributed by atoms with Crippen molar-refractivity contribution in [1.29, 1.82) is 0 Å². The molecule has 0 aliphatic rings. The number of sulfonamides is 1. The Kier molecular flexibility index (Phi) is 3.38. The molecule has 3 N–H and O–H groups in total. The van der Waals surface area contributed by atoms with E-state index in [1.54, 1.807) is 7.05 Å². The van der Waals surface area contributed by atoms with Crippen LogP contribution in [0.25, 0.3) is 0 Å². The number of carboxylic acid groups (broad SMARTS) is 1. The van der Waals surface area contributed by atoms with Crippen molar-refractivity contribution in [3.05, 3.63) is 23.8 Å². The summed E-state index contributed by atoms with van der Waals surface area (Å²) in [6.45, 7) is 0. The van der Waals surface area contributed by atoms with Crippen molar-refractivity contribution in [1.82, 2.24) is 0 Å². The third-order valence-electron chi connectivity index (χ3n) is 1.82. The summed E-state index contributed by atoms with van der Waals surface area (Å²) in [5.74, 6) is -1.12. The van der Waals surface area contributed by atoms with Gasteiger partial charge in [-0.15, -0.1) is 0 Å². The van der Waals surface area contributed by atoms with Crippen LogP contribution >= 0.6 is 0 Å². The number of aromatic carboxylic acids is 1. The van der Waals surface area contributed by atoms with E-state index in [0.29, 0.717) is 5.69 Å². The second-order valence-corrected chi connectivity index (χ2v) is 4.94. The van der Waals surface area contributed by atoms with Crippen LogP contribution in [0.5, 0.6) is 0 Å². The second kappa shape index (κ2) is 4.40. The zero-order valence-electron chi connectivity index (χ0n) is 8.81. The van der Waals surface area contributed by atoms with Gasteiger partial charge in [-0.25, -0.2) is 13.2 Å². The summed E-state index contributed by atoms with van der Waals surface area (Å²) < 4.78 is 24.1. The van der Waals surface area contributed by atoms with Gasteiger partial charge >= 0.3 is 5.97 Å². The molecule has 16 heavy (non-hydrogen) atoms. The van der Waals surface area contributed by atoms with Crippen LogP contribution in [0.4, 0.5) is 11.4 Å². The highest BCUT2D eigenvalue weighted by atomic mass is 32.2. The molecule has 7 heteroatoms. The molecule has 0 aliphatic carbocycles. The van der Waals surface area contributed by atoms with Crippen molar-refractivity contribution in [2.24, 2.45) is 0 Å². The van der Waals surface area contributed by atoms with Gasteiger partial charge in [-0.2, -0.15) is 0 Å². The fourth-order valence-electron chi connectivity index (χ4n) is 1.22. The van der Waals surface area contributed by atoms with Gasteiger partial charge < -0.3 is 10.4 Å². The van der Waals surface area contributed by atoms with Crippen LogP contribution in [-0.2, 0) is 10.0 Å². The van der Waals surface area contributed by atoms with Gasteiger partial charge in [-0.05, 0) is 18.2 Å². The number of hydrogen-bond donors (Lipinski definition) is 3. The number of carboxylic acids is 1. The molecule has 0 bridgehead atoms. The molecule has 0 atom stereocenters. The largest absolute Gasteiger partial charge is 0.478 e. The average Bonchev–Trinajstić information content (AvgIpc) is 2.15. The van der Waals surface area contributed by atoms with E-state index in [1.165, 1.54) is 18.2 Å². The minimum atomic E-state index is -3.40. The molecule has 0 aliphatic heterocycles. The van der Waals surface area contributed by atoms with Crippen molar-refractivity contribution in [2.75, 3.05) is 23.3 Å². The van der Waals surface area contributed by atoms with Gasteiger partial charge in [0.25, 0.3) is 0 Å². The first kappa shape index (κ1) is 12.3. The van der Waals surface area contributed by atoms with E-state index in [0.717, 1.165) is 6.26 Å². The lowest BCUT2D eigenvalue weighted by Crippen LogP contribution is -2.11. The van der Waals surface area contributed by atoms with E-state index < -0.39 is 16.0 Å². The number of nitrogens with one attached hydrogen (secondary N) is 2. The Balaban J connectivity index is 3.17. The van der Waals surface area contributed by atoms with E-state index in [9.17, 15) is 13.2 Å². The number of anilines is 2. The highest BCUT2D eigenvalue weighted by molar-refractivity contribution is 7.92. The lowest BCUT2D eigenvalue weighted by atomic mass is 10.1. The summed E-state index contributed by atoms with van der Waals surface area (Å²) in [5, 5.41) is 11.6. The first-order chi connectivity index (χ1) is 7.33. The monoisotopic (exact) mass is 244 g/mol. The van der Waals surface area contributed by atoms with E-state index in [-0.39, 0.29) is 11.3 Å². The van der Waals surface area contributed by atoms with Gasteiger partial charge in [0.15, 0.2) is 0 Å². The molecule has 1 aromatic rings. The Morgan fingerprint density at radius 3 is 2.44 bits per heavy atom. The molecule has 0 amide bonds. The fraction of sp³-hybridized carbons (Fsp3) is 0.222. The normalized spacial score (nSPS) is 10.9. The zero-order valence-corrected chi connectivity index (χ0v) is 9.63. The van der Waals surface area contributed by atoms with E-state index in [2.05, 4.69) is 10.0 Å². The van der Waals surface area contributed by atoms with Crippen LogP contribution in [0.2, 0.25) is 0 Å². The minimum absolute atomic E-state index is 0.0103. The molecule has 0 radical (unpaired) electrons. The topological polar surface area (TPSA) is 95.5 Å². The van der Waals surface area contributed by atoms with Gasteiger partial charge in [0.05, 0.1) is 11.8 Å². The Hall–Kier alpha value is -1.76. The van der Waals surface area contributed by atoms with Crippen LogP contribution in [0, 0.1) is 0 Å². The molecule has 0 unspecified atom stereocenters. The standard InChI is InChI=1S/C9H12N2O4S/c1-10-8-4-3-6(11-16(2,14)15)5-7(8)9(12)13/h3-5,10-11H,1-2H3,(H,12,13). The molecular weight excluding hydrogens is 232 g/mol. The molecule has 1 aromatic carbocycles. The lowest BCUT2D eigenvalue weighted by molar-refractivity contribution is 0.0698. The highest BCUT2D eigenvalue weighted by Gasteiger charge is 2.11. The molecule has 0 fully saturated rings. The summed E-state index contributed by atoms with van der Waals surface area (Å²) in [6.07, 6.45) is 0.999. The number of carbonyl (C=O) groups is 1. The third-order valence-corrected chi connectivity index (χ3v) is 2.43. The van der Waals surface area contributed by atoms with Crippen molar-refractivity contribution in [3.63, 3.8) is 0 Å². The molecule has 0 saturated carbocycles. The minimum Gasteiger partial charge on any atom is -0.478 e. The molecule has 88 valence electrons. The van der Waals surface area contributed by atoms with Crippen molar-refractivity contribution >= 4 is 27.4 Å². The van der Waals surface area contributed by atoms with Gasteiger partial charge in [-0.3, -0.25) is 4.72 Å². The molecular formula is C9H12N2O4S. The predicted octanol–water partition coefficient (Wildman–Crippen LogP) is 0.798. The molecule has 1 rings (SSSR count). The first-order valence-electron chi connectivity index (χ1n) is 4.36. The Morgan fingerprint density at radius 1 is 1.38 bits per heavy atom. The number of hydrogen-bond acceptors (Lipinski definition) is 4. The average molecular weight is 244 g/mol. The van der Waals surface area contributed by atoms with Gasteiger partial charge in [0.2, 0.25) is 10.0 Å². The number of benzene rings is 1. The predicted molar refractivity (Wildman–Crippen MR) is 61.4 cm³/mol. The molecule has 0 heterocycles. The molecule has 0 aromatic heterocycles. The first-order valence-corrected chi connectivity index (χ1v) is 6.25. The van der Waals surface area contributed by atoms with Crippen LogP contribution in [0.1, 0.15) is 10.4 Å². The Morgan fingerprint density at radius 2 is 2.00 bits per heavy atom. The molecule has 0 spiro atoms. The lowest BCUT2D eigenvalue weighted by Gasteiger charge is -2.08. The van der Waals surface area contributed by atoms with Crippen LogP contribution in [-0.4, -0.2) is 32.8 Å². The van der Waals surface area contributed by atoms with Crippen molar-refractivity contribution in [2.45, 2.75) is 0 Å². The molecule has 0 saturated heterocycles.